The Kier molecular flexibility index (Phi) is 7.36. The predicted molar refractivity (Wildman–Crippen MR) is 125 cm³/mol. The summed E-state index contributed by atoms with van der Waals surface area (Å²) in [5, 5.41) is 15.8. The summed E-state index contributed by atoms with van der Waals surface area (Å²) in [5.74, 6) is 0. The maximum absolute atomic E-state index is 10.8. The summed E-state index contributed by atoms with van der Waals surface area (Å²) in [6.07, 6.45) is 0.852. The monoisotopic (exact) mass is 434 g/mol. The first-order chi connectivity index (χ1) is 15.2. The molecule has 0 bridgehead atoms. The molecule has 0 saturated heterocycles. The van der Waals surface area contributed by atoms with Gasteiger partial charge in [0.15, 0.2) is 0 Å². The number of rotatable bonds is 9. The molecule has 3 aromatic rings. The second-order valence-corrected chi connectivity index (χ2v) is 8.44. The van der Waals surface area contributed by atoms with Crippen molar-refractivity contribution >= 4 is 17.3 Å². The SMILES string of the molecule is O[C@H](Cc1ccccc1)CN(Cc1cccc(Cl)c1)C[C@@H]1CC(c2ccccc2)=NO1. The van der Waals surface area contributed by atoms with Crippen LogP contribution in [0.5, 0.6) is 0 Å². The fourth-order valence-electron chi connectivity index (χ4n) is 3.96. The van der Waals surface area contributed by atoms with Gasteiger partial charge in [-0.1, -0.05) is 89.6 Å². The molecule has 3 aromatic carbocycles. The molecular weight excluding hydrogens is 408 g/mol. The smallest absolute Gasteiger partial charge is 0.145 e. The van der Waals surface area contributed by atoms with E-state index in [4.69, 9.17) is 16.4 Å². The average Bonchev–Trinajstić information content (AvgIpc) is 3.23. The number of hydrogen-bond donors (Lipinski definition) is 1. The summed E-state index contributed by atoms with van der Waals surface area (Å²) < 4.78 is 0. The third kappa shape index (κ3) is 6.41. The third-order valence-electron chi connectivity index (χ3n) is 5.38. The Hall–Kier alpha value is -2.66. The molecule has 1 heterocycles. The van der Waals surface area contributed by atoms with E-state index < -0.39 is 6.10 Å². The van der Waals surface area contributed by atoms with E-state index in [-0.39, 0.29) is 6.10 Å². The van der Waals surface area contributed by atoms with E-state index in [1.807, 2.05) is 66.7 Å². The van der Waals surface area contributed by atoms with Crippen molar-refractivity contribution in [2.24, 2.45) is 5.16 Å². The molecule has 160 valence electrons. The highest BCUT2D eigenvalue weighted by Gasteiger charge is 2.25. The molecule has 0 amide bonds. The predicted octanol–water partition coefficient (Wildman–Crippen LogP) is 4.94. The molecule has 5 heteroatoms. The molecule has 0 aliphatic carbocycles. The van der Waals surface area contributed by atoms with Crippen LogP contribution >= 0.6 is 11.6 Å². The quantitative estimate of drug-likeness (QED) is 0.519. The largest absolute Gasteiger partial charge is 0.391 e. The number of halogens is 1. The molecule has 4 nitrogen and oxygen atoms in total. The molecule has 0 spiro atoms. The number of hydrogen-bond acceptors (Lipinski definition) is 4. The van der Waals surface area contributed by atoms with Crippen molar-refractivity contribution in [3.63, 3.8) is 0 Å². The second kappa shape index (κ2) is 10.6. The maximum Gasteiger partial charge on any atom is 0.145 e. The van der Waals surface area contributed by atoms with E-state index in [0.29, 0.717) is 31.1 Å². The number of benzene rings is 3. The first-order valence-corrected chi connectivity index (χ1v) is 11.0. The average molecular weight is 435 g/mol. The molecule has 0 fully saturated rings. The van der Waals surface area contributed by atoms with Gasteiger partial charge in [0.1, 0.15) is 6.10 Å². The van der Waals surface area contributed by atoms with E-state index in [2.05, 4.69) is 28.3 Å². The number of aliphatic hydroxyl groups excluding tert-OH is 1. The molecule has 0 saturated carbocycles. The van der Waals surface area contributed by atoms with E-state index in [1.165, 1.54) is 0 Å². The first kappa shape index (κ1) is 21.6. The van der Waals surface area contributed by atoms with E-state index >= 15 is 0 Å². The van der Waals surface area contributed by atoms with Gasteiger partial charge in [-0.3, -0.25) is 4.90 Å². The minimum atomic E-state index is -0.475. The third-order valence-corrected chi connectivity index (χ3v) is 5.62. The van der Waals surface area contributed by atoms with Crippen molar-refractivity contribution in [1.82, 2.24) is 4.90 Å². The van der Waals surface area contributed by atoms with Crippen molar-refractivity contribution in [3.8, 4) is 0 Å². The van der Waals surface area contributed by atoms with Crippen LogP contribution in [0, 0.1) is 0 Å². The van der Waals surface area contributed by atoms with Crippen molar-refractivity contribution in [1.29, 1.82) is 0 Å². The normalized spacial score (nSPS) is 16.7. The van der Waals surface area contributed by atoms with Crippen LogP contribution in [-0.4, -0.2) is 41.0 Å². The standard InChI is InChI=1S/C26H27ClN2O2/c27-23-13-7-10-21(14-23)17-29(18-24(30)15-20-8-3-1-4-9-20)19-25-16-26(28-31-25)22-11-5-2-6-12-22/h1-14,24-25,30H,15-19H2/t24-,25+/m1/s1. The summed E-state index contributed by atoms with van der Waals surface area (Å²) >= 11 is 6.19. The Balaban J connectivity index is 1.41. The van der Waals surface area contributed by atoms with Crippen LogP contribution in [0.25, 0.3) is 0 Å². The molecule has 2 atom stereocenters. The minimum Gasteiger partial charge on any atom is -0.391 e. The Morgan fingerprint density at radius 2 is 1.68 bits per heavy atom. The van der Waals surface area contributed by atoms with Crippen LogP contribution in [0.2, 0.25) is 5.02 Å². The van der Waals surface area contributed by atoms with E-state index in [9.17, 15) is 5.11 Å². The molecule has 1 aliphatic rings. The summed E-state index contributed by atoms with van der Waals surface area (Å²) in [7, 11) is 0. The zero-order valence-electron chi connectivity index (χ0n) is 17.4. The Labute approximate surface area is 188 Å². The lowest BCUT2D eigenvalue weighted by Crippen LogP contribution is -2.38. The van der Waals surface area contributed by atoms with Gasteiger partial charge in [-0.2, -0.15) is 0 Å². The molecule has 0 unspecified atom stereocenters. The lowest BCUT2D eigenvalue weighted by Gasteiger charge is -2.27. The van der Waals surface area contributed by atoms with Crippen LogP contribution in [-0.2, 0) is 17.8 Å². The Bertz CT molecular complexity index is 995. The van der Waals surface area contributed by atoms with Crippen molar-refractivity contribution in [3.05, 3.63) is 107 Å². The second-order valence-electron chi connectivity index (χ2n) is 8.00. The Morgan fingerprint density at radius 1 is 0.968 bits per heavy atom. The van der Waals surface area contributed by atoms with Gasteiger partial charge in [-0.05, 0) is 35.2 Å². The van der Waals surface area contributed by atoms with E-state index in [0.717, 1.165) is 28.8 Å². The summed E-state index contributed by atoms with van der Waals surface area (Å²) in [6.45, 7) is 1.91. The van der Waals surface area contributed by atoms with Crippen molar-refractivity contribution in [2.75, 3.05) is 13.1 Å². The van der Waals surface area contributed by atoms with Crippen LogP contribution in [0.1, 0.15) is 23.1 Å². The molecule has 1 aliphatic heterocycles. The first-order valence-electron chi connectivity index (χ1n) is 10.6. The fraction of sp³-hybridized carbons (Fsp3) is 0.269. The van der Waals surface area contributed by atoms with Gasteiger partial charge < -0.3 is 9.94 Å². The van der Waals surface area contributed by atoms with Crippen molar-refractivity contribution in [2.45, 2.75) is 31.6 Å². The van der Waals surface area contributed by atoms with Gasteiger partial charge in [0.2, 0.25) is 0 Å². The zero-order chi connectivity index (χ0) is 21.5. The molecule has 4 rings (SSSR count). The highest BCUT2D eigenvalue weighted by Crippen LogP contribution is 2.20. The van der Waals surface area contributed by atoms with Crippen LogP contribution in [0.3, 0.4) is 0 Å². The van der Waals surface area contributed by atoms with Gasteiger partial charge in [0.25, 0.3) is 0 Å². The van der Waals surface area contributed by atoms with Crippen LogP contribution in [0.4, 0.5) is 0 Å². The highest BCUT2D eigenvalue weighted by atomic mass is 35.5. The number of nitrogens with zero attached hydrogens (tertiary/aromatic N) is 2. The van der Waals surface area contributed by atoms with Crippen LogP contribution < -0.4 is 0 Å². The molecule has 1 N–H and O–H groups in total. The molecular formula is C26H27ClN2O2. The van der Waals surface area contributed by atoms with Crippen molar-refractivity contribution < 1.29 is 9.94 Å². The van der Waals surface area contributed by atoms with Crippen LogP contribution in [0.15, 0.2) is 90.1 Å². The number of aliphatic hydroxyl groups is 1. The minimum absolute atomic E-state index is 0.0432. The fourth-order valence-corrected chi connectivity index (χ4v) is 4.17. The van der Waals surface area contributed by atoms with Gasteiger partial charge in [0.05, 0.1) is 11.8 Å². The van der Waals surface area contributed by atoms with E-state index in [1.54, 1.807) is 0 Å². The lowest BCUT2D eigenvalue weighted by molar-refractivity contribution is 0.0322. The topological polar surface area (TPSA) is 45.1 Å². The molecule has 0 aromatic heterocycles. The summed E-state index contributed by atoms with van der Waals surface area (Å²) in [5.41, 5.74) is 4.31. The van der Waals surface area contributed by atoms with Gasteiger partial charge in [-0.25, -0.2) is 0 Å². The van der Waals surface area contributed by atoms with Gasteiger partial charge >= 0.3 is 0 Å². The zero-order valence-corrected chi connectivity index (χ0v) is 18.2. The highest BCUT2D eigenvalue weighted by molar-refractivity contribution is 6.30. The van der Waals surface area contributed by atoms with Gasteiger partial charge in [0, 0.05) is 31.1 Å². The summed E-state index contributed by atoms with van der Waals surface area (Å²) in [6, 6.07) is 28.1. The van der Waals surface area contributed by atoms with Gasteiger partial charge in [-0.15, -0.1) is 0 Å². The Morgan fingerprint density at radius 3 is 2.42 bits per heavy atom. The maximum atomic E-state index is 10.8. The lowest BCUT2D eigenvalue weighted by atomic mass is 10.0. The molecule has 0 radical (unpaired) electrons. The summed E-state index contributed by atoms with van der Waals surface area (Å²) in [4.78, 5) is 7.98. The number of oxime groups is 1. The molecule has 31 heavy (non-hydrogen) atoms.